The highest BCUT2D eigenvalue weighted by Crippen LogP contribution is 2.31. The lowest BCUT2D eigenvalue weighted by Gasteiger charge is -2.15. The van der Waals surface area contributed by atoms with E-state index in [1.807, 2.05) is 37.3 Å². The third-order valence-corrected chi connectivity index (χ3v) is 3.37. The number of rotatable bonds is 5. The van der Waals surface area contributed by atoms with E-state index in [2.05, 4.69) is 0 Å². The van der Waals surface area contributed by atoms with Gasteiger partial charge in [0.2, 0.25) is 0 Å². The largest absolute Gasteiger partial charge is 0.481 e. The van der Waals surface area contributed by atoms with E-state index >= 15 is 0 Å². The van der Waals surface area contributed by atoms with Gasteiger partial charge >= 0.3 is 17.9 Å². The fraction of sp³-hybridized carbons (Fsp3) is 0.353. The van der Waals surface area contributed by atoms with Gasteiger partial charge in [-0.25, -0.2) is 4.79 Å². The molecule has 0 bridgehead atoms. The lowest BCUT2D eigenvalue weighted by molar-refractivity contribution is -0.152. The van der Waals surface area contributed by atoms with Gasteiger partial charge in [0.05, 0.1) is 14.2 Å². The summed E-state index contributed by atoms with van der Waals surface area (Å²) in [6, 6.07) is 8.74. The first-order chi connectivity index (χ1) is 11.9. The summed E-state index contributed by atoms with van der Waals surface area (Å²) in [5.41, 5.74) is 1.78. The monoisotopic (exact) mass is 350 g/mol. The summed E-state index contributed by atoms with van der Waals surface area (Å²) in [5, 5.41) is 9.36. The van der Waals surface area contributed by atoms with Crippen molar-refractivity contribution in [2.45, 2.75) is 26.7 Å². The first kappa shape index (κ1) is 20.3. The number of benzene rings is 1. The molecule has 0 spiro atoms. The van der Waals surface area contributed by atoms with Crippen molar-refractivity contribution in [1.29, 1.82) is 0 Å². The van der Waals surface area contributed by atoms with Crippen LogP contribution in [0.15, 0.2) is 36.0 Å². The molecule has 0 saturated carbocycles. The topological polar surface area (TPSA) is 96.4 Å². The van der Waals surface area contributed by atoms with Crippen LogP contribution in [0.25, 0.3) is 5.57 Å². The summed E-state index contributed by atoms with van der Waals surface area (Å²) < 4.78 is 0. The summed E-state index contributed by atoms with van der Waals surface area (Å²) in [5.74, 6) is -1.27. The highest BCUT2D eigenvalue weighted by Gasteiger charge is 2.44. The van der Waals surface area contributed by atoms with Crippen molar-refractivity contribution in [3.05, 3.63) is 41.6 Å². The van der Waals surface area contributed by atoms with Crippen molar-refractivity contribution in [1.82, 2.24) is 10.1 Å². The van der Waals surface area contributed by atoms with Crippen molar-refractivity contribution in [2.24, 2.45) is 0 Å². The second kappa shape index (κ2) is 9.55. The fourth-order valence-electron chi connectivity index (χ4n) is 2.18. The average molecular weight is 350 g/mol. The summed E-state index contributed by atoms with van der Waals surface area (Å²) in [6.07, 6.45) is 0.801. The molecule has 8 nitrogen and oxygen atoms in total. The summed E-state index contributed by atoms with van der Waals surface area (Å²) >= 11 is 0. The Morgan fingerprint density at radius 1 is 1.00 bits per heavy atom. The van der Waals surface area contributed by atoms with Gasteiger partial charge in [-0.15, -0.1) is 5.06 Å². The van der Waals surface area contributed by atoms with Crippen LogP contribution < -0.4 is 0 Å². The normalized spacial score (nSPS) is 15.8. The number of aliphatic carboxylic acids is 1. The Balaban J connectivity index is 0.000000550. The quantitative estimate of drug-likeness (QED) is 0.648. The third kappa shape index (κ3) is 4.65. The number of nitrogens with zero attached hydrogens (tertiary/aromatic N) is 2. The van der Waals surface area contributed by atoms with E-state index in [0.29, 0.717) is 11.5 Å². The molecule has 0 unspecified atom stereocenters. The Hall–Kier alpha value is -2.71. The zero-order valence-corrected chi connectivity index (χ0v) is 14.7. The predicted octanol–water partition coefficient (Wildman–Crippen LogP) is 2.68. The van der Waals surface area contributed by atoms with E-state index in [1.165, 1.54) is 14.2 Å². The number of urea groups is 1. The van der Waals surface area contributed by atoms with Crippen LogP contribution >= 0.6 is 0 Å². The highest BCUT2D eigenvalue weighted by atomic mass is 16.7. The van der Waals surface area contributed by atoms with Crippen LogP contribution in [0.1, 0.15) is 32.3 Å². The van der Waals surface area contributed by atoms with Gasteiger partial charge < -0.3 is 5.11 Å². The van der Waals surface area contributed by atoms with Crippen LogP contribution in [0.2, 0.25) is 0 Å². The molecule has 1 aliphatic rings. The number of amides is 3. The molecule has 0 aromatic heterocycles. The zero-order chi connectivity index (χ0) is 19.0. The van der Waals surface area contributed by atoms with Crippen LogP contribution in [-0.2, 0) is 19.3 Å². The molecular formula is C17H22N2O6. The maximum atomic E-state index is 12.3. The van der Waals surface area contributed by atoms with E-state index in [0.717, 1.165) is 16.2 Å². The predicted molar refractivity (Wildman–Crippen MR) is 89.7 cm³/mol. The van der Waals surface area contributed by atoms with E-state index in [1.54, 1.807) is 6.92 Å². The van der Waals surface area contributed by atoms with E-state index in [9.17, 15) is 14.4 Å². The number of carboxylic acids is 1. The molecule has 0 radical (unpaired) electrons. The second-order valence-electron chi connectivity index (χ2n) is 4.84. The molecule has 8 heteroatoms. The van der Waals surface area contributed by atoms with Gasteiger partial charge in [-0.05, 0) is 17.6 Å². The molecule has 3 amide bonds. The number of imide groups is 1. The van der Waals surface area contributed by atoms with Crippen molar-refractivity contribution < 1.29 is 29.2 Å². The maximum Gasteiger partial charge on any atom is 0.380 e. The van der Waals surface area contributed by atoms with E-state index < -0.39 is 17.9 Å². The number of hydroxylamine groups is 4. The van der Waals surface area contributed by atoms with Gasteiger partial charge in [0.15, 0.2) is 0 Å². The molecule has 1 fully saturated rings. The van der Waals surface area contributed by atoms with Crippen molar-refractivity contribution in [3.63, 3.8) is 0 Å². The second-order valence-corrected chi connectivity index (χ2v) is 4.84. The number of carbonyl (C=O) groups is 3. The molecular weight excluding hydrogens is 328 g/mol. The number of carbonyl (C=O) groups excluding carboxylic acids is 2. The smallest absolute Gasteiger partial charge is 0.380 e. The van der Waals surface area contributed by atoms with Crippen LogP contribution in [0.5, 0.6) is 0 Å². The highest BCUT2D eigenvalue weighted by molar-refractivity contribution is 6.14. The molecule has 1 heterocycles. The maximum absolute atomic E-state index is 12.3. The van der Waals surface area contributed by atoms with Crippen LogP contribution in [0.4, 0.5) is 4.79 Å². The van der Waals surface area contributed by atoms with Crippen molar-refractivity contribution >= 4 is 23.5 Å². The lowest BCUT2D eigenvalue weighted by atomic mass is 10.0. The Bertz CT molecular complexity index is 656. The molecule has 25 heavy (non-hydrogen) atoms. The third-order valence-electron chi connectivity index (χ3n) is 3.37. The molecule has 1 aromatic rings. The Labute approximate surface area is 146 Å². The number of carboxylic acid groups (broad SMARTS) is 1. The summed E-state index contributed by atoms with van der Waals surface area (Å²) in [4.78, 5) is 43.5. The summed E-state index contributed by atoms with van der Waals surface area (Å²) in [7, 11) is 2.60. The first-order valence-corrected chi connectivity index (χ1v) is 7.69. The Morgan fingerprint density at radius 2 is 1.52 bits per heavy atom. The molecule has 0 aliphatic carbocycles. The standard InChI is InChI=1S/C14H16N2O4.C3H6O2/c1-4-11(10-8-6-5-7-9-10)12-13(17)16(20-3)14(18)15(12)19-2;1-2-3(4)5/h5-9H,4H2,1-3H3;2H2,1H3,(H,4,5). The first-order valence-electron chi connectivity index (χ1n) is 7.69. The van der Waals surface area contributed by atoms with Gasteiger partial charge in [-0.3, -0.25) is 19.3 Å². The Morgan fingerprint density at radius 3 is 1.92 bits per heavy atom. The van der Waals surface area contributed by atoms with Crippen LogP contribution in [0, 0.1) is 0 Å². The SMILES string of the molecule is CCC(=C1C(=O)N(OC)C(=O)N1OC)c1ccccc1.CCC(=O)O. The number of hydrogen-bond donors (Lipinski definition) is 1. The minimum Gasteiger partial charge on any atom is -0.481 e. The molecule has 1 aliphatic heterocycles. The molecule has 2 rings (SSSR count). The zero-order valence-electron chi connectivity index (χ0n) is 14.7. The van der Waals surface area contributed by atoms with Gasteiger partial charge in [-0.2, -0.15) is 5.06 Å². The minimum atomic E-state index is -0.745. The van der Waals surface area contributed by atoms with Crippen molar-refractivity contribution in [2.75, 3.05) is 14.2 Å². The van der Waals surface area contributed by atoms with Crippen LogP contribution in [-0.4, -0.2) is 47.4 Å². The van der Waals surface area contributed by atoms with E-state index in [4.69, 9.17) is 14.8 Å². The van der Waals surface area contributed by atoms with Gasteiger partial charge in [0, 0.05) is 6.42 Å². The lowest BCUT2D eigenvalue weighted by Crippen LogP contribution is -2.31. The molecule has 1 N–H and O–H groups in total. The molecule has 0 atom stereocenters. The fourth-order valence-corrected chi connectivity index (χ4v) is 2.18. The molecule has 1 saturated heterocycles. The Kier molecular flexibility index (Phi) is 7.77. The van der Waals surface area contributed by atoms with Crippen molar-refractivity contribution in [3.8, 4) is 0 Å². The number of hydrogen-bond acceptors (Lipinski definition) is 5. The van der Waals surface area contributed by atoms with E-state index in [-0.39, 0.29) is 12.1 Å². The van der Waals surface area contributed by atoms with Crippen LogP contribution in [0.3, 0.4) is 0 Å². The van der Waals surface area contributed by atoms with Gasteiger partial charge in [0.1, 0.15) is 5.70 Å². The minimum absolute atomic E-state index is 0.188. The number of allylic oxidation sites excluding steroid dienone is 1. The molecule has 136 valence electrons. The average Bonchev–Trinajstić information content (AvgIpc) is 2.86. The molecule has 1 aromatic carbocycles. The van der Waals surface area contributed by atoms with Gasteiger partial charge in [-0.1, -0.05) is 44.2 Å². The summed E-state index contributed by atoms with van der Waals surface area (Å²) in [6.45, 7) is 3.51. The van der Waals surface area contributed by atoms with Gasteiger partial charge in [0.25, 0.3) is 0 Å².